The van der Waals surface area contributed by atoms with Crippen molar-refractivity contribution in [2.24, 2.45) is 0 Å². The van der Waals surface area contributed by atoms with E-state index in [4.69, 9.17) is 0 Å². The highest BCUT2D eigenvalue weighted by atomic mass is 79.9. The lowest BCUT2D eigenvalue weighted by Gasteiger charge is -2.26. The minimum Gasteiger partial charge on any atom is -0.207 e. The monoisotopic (exact) mass is 379 g/mol. The van der Waals surface area contributed by atoms with Crippen LogP contribution in [0.4, 0.5) is 0 Å². The molecule has 0 spiro atoms. The largest absolute Gasteiger partial charge is 0.241 e. The number of rotatable bonds is 3. The lowest BCUT2D eigenvalue weighted by Crippen LogP contribution is -2.31. The molecule has 0 aliphatic heterocycles. The highest BCUT2D eigenvalue weighted by Gasteiger charge is 2.25. The molecule has 2 aromatic carbocycles. The normalized spacial score (nSPS) is 18.0. The Kier molecular flexibility index (Phi) is 4.39. The standard InChI is InChI=1S/C17H18BrNO2S/c1-12-5-8-15(9-6-12)22(20,21)19-17-4-2-3-13-11-14(18)7-10-16(13)17/h5-11,17,19H,2-4H2,1H3. The van der Waals surface area contributed by atoms with Crippen molar-refractivity contribution in [3.05, 3.63) is 63.6 Å². The van der Waals surface area contributed by atoms with Crippen molar-refractivity contribution in [2.75, 3.05) is 0 Å². The first-order valence-corrected chi connectivity index (χ1v) is 9.61. The molecule has 3 rings (SSSR count). The van der Waals surface area contributed by atoms with Crippen molar-refractivity contribution in [1.29, 1.82) is 0 Å². The van der Waals surface area contributed by atoms with Crippen molar-refractivity contribution in [1.82, 2.24) is 4.72 Å². The van der Waals surface area contributed by atoms with E-state index in [1.54, 1.807) is 12.1 Å². The van der Waals surface area contributed by atoms with Crippen LogP contribution in [0.5, 0.6) is 0 Å². The maximum Gasteiger partial charge on any atom is 0.241 e. The summed E-state index contributed by atoms with van der Waals surface area (Å²) in [5.41, 5.74) is 3.36. The number of nitrogens with one attached hydrogen (secondary N) is 1. The zero-order chi connectivity index (χ0) is 15.7. The van der Waals surface area contributed by atoms with Gasteiger partial charge in [-0.3, -0.25) is 0 Å². The molecule has 2 aromatic rings. The first kappa shape index (κ1) is 15.7. The minimum absolute atomic E-state index is 0.150. The Morgan fingerprint density at radius 2 is 1.86 bits per heavy atom. The van der Waals surface area contributed by atoms with Crippen molar-refractivity contribution in [3.63, 3.8) is 0 Å². The molecule has 0 aromatic heterocycles. The van der Waals surface area contributed by atoms with Crippen LogP contribution in [0.15, 0.2) is 51.8 Å². The van der Waals surface area contributed by atoms with E-state index in [0.29, 0.717) is 4.90 Å². The van der Waals surface area contributed by atoms with Crippen molar-refractivity contribution < 1.29 is 8.42 Å². The van der Waals surface area contributed by atoms with Crippen LogP contribution in [0.2, 0.25) is 0 Å². The van der Waals surface area contributed by atoms with E-state index in [1.165, 1.54) is 5.56 Å². The zero-order valence-electron chi connectivity index (χ0n) is 12.3. The van der Waals surface area contributed by atoms with Crippen LogP contribution in [0.3, 0.4) is 0 Å². The highest BCUT2D eigenvalue weighted by molar-refractivity contribution is 9.10. The molecular weight excluding hydrogens is 362 g/mol. The number of fused-ring (bicyclic) bond motifs is 1. The molecule has 0 saturated heterocycles. The van der Waals surface area contributed by atoms with E-state index in [0.717, 1.165) is 34.9 Å². The van der Waals surface area contributed by atoms with E-state index in [-0.39, 0.29) is 6.04 Å². The maximum absolute atomic E-state index is 12.6. The summed E-state index contributed by atoms with van der Waals surface area (Å²) in [4.78, 5) is 0.322. The molecule has 22 heavy (non-hydrogen) atoms. The molecular formula is C17H18BrNO2S. The van der Waals surface area contributed by atoms with E-state index >= 15 is 0 Å². The molecule has 1 unspecified atom stereocenters. The van der Waals surface area contributed by atoms with Gasteiger partial charge < -0.3 is 0 Å². The molecule has 0 heterocycles. The summed E-state index contributed by atoms with van der Waals surface area (Å²) in [6, 6.07) is 12.9. The van der Waals surface area contributed by atoms with E-state index in [9.17, 15) is 8.42 Å². The van der Waals surface area contributed by atoms with E-state index in [2.05, 4.69) is 26.7 Å². The van der Waals surface area contributed by atoms with Gasteiger partial charge in [0, 0.05) is 10.5 Å². The van der Waals surface area contributed by atoms with Crippen LogP contribution in [0, 0.1) is 6.92 Å². The van der Waals surface area contributed by atoms with Gasteiger partial charge in [-0.15, -0.1) is 0 Å². The molecule has 1 aliphatic carbocycles. The second-order valence-electron chi connectivity index (χ2n) is 5.72. The van der Waals surface area contributed by atoms with Crippen molar-refractivity contribution in [3.8, 4) is 0 Å². The van der Waals surface area contributed by atoms with Gasteiger partial charge in [0.15, 0.2) is 0 Å². The second-order valence-corrected chi connectivity index (χ2v) is 8.35. The lowest BCUT2D eigenvalue weighted by molar-refractivity contribution is 0.507. The number of halogens is 1. The smallest absolute Gasteiger partial charge is 0.207 e. The maximum atomic E-state index is 12.6. The SMILES string of the molecule is Cc1ccc(S(=O)(=O)NC2CCCc3cc(Br)ccc32)cc1. The molecule has 0 fully saturated rings. The third kappa shape index (κ3) is 3.26. The molecule has 1 N–H and O–H groups in total. The quantitative estimate of drug-likeness (QED) is 0.871. The predicted molar refractivity (Wildman–Crippen MR) is 91.3 cm³/mol. The Morgan fingerprint density at radius 1 is 1.14 bits per heavy atom. The average molecular weight is 380 g/mol. The Morgan fingerprint density at radius 3 is 2.59 bits per heavy atom. The van der Waals surface area contributed by atoms with Gasteiger partial charge in [0.25, 0.3) is 0 Å². The summed E-state index contributed by atoms with van der Waals surface area (Å²) in [7, 11) is -3.49. The van der Waals surface area contributed by atoms with Crippen molar-refractivity contribution >= 4 is 26.0 Å². The number of sulfonamides is 1. The Bertz CT molecular complexity index is 785. The van der Waals surface area contributed by atoms with Crippen LogP contribution in [-0.4, -0.2) is 8.42 Å². The van der Waals surface area contributed by atoms with Crippen LogP contribution >= 0.6 is 15.9 Å². The number of aryl methyl sites for hydroxylation is 2. The molecule has 0 bridgehead atoms. The average Bonchev–Trinajstić information content (AvgIpc) is 2.47. The molecule has 3 nitrogen and oxygen atoms in total. The van der Waals surface area contributed by atoms with Gasteiger partial charge in [-0.25, -0.2) is 13.1 Å². The first-order valence-electron chi connectivity index (χ1n) is 7.33. The highest BCUT2D eigenvalue weighted by Crippen LogP contribution is 2.32. The third-order valence-electron chi connectivity index (χ3n) is 4.05. The summed E-state index contributed by atoms with van der Waals surface area (Å²) in [6.07, 6.45) is 2.82. The predicted octanol–water partition coefficient (Wildman–Crippen LogP) is 4.11. The molecule has 1 atom stereocenters. The molecule has 5 heteroatoms. The van der Waals surface area contributed by atoms with Crippen LogP contribution in [0.1, 0.15) is 35.6 Å². The van der Waals surface area contributed by atoms with Crippen molar-refractivity contribution in [2.45, 2.75) is 37.1 Å². The molecule has 0 amide bonds. The van der Waals surface area contributed by atoms with Crippen LogP contribution in [0.25, 0.3) is 0 Å². The summed E-state index contributed by atoms with van der Waals surface area (Å²) >= 11 is 3.48. The summed E-state index contributed by atoms with van der Waals surface area (Å²) in [6.45, 7) is 1.94. The van der Waals surface area contributed by atoms with Gasteiger partial charge in [-0.2, -0.15) is 0 Å². The van der Waals surface area contributed by atoms with Gasteiger partial charge in [-0.05, 0) is 61.6 Å². The topological polar surface area (TPSA) is 46.2 Å². The Labute approximate surface area is 139 Å². The number of benzene rings is 2. The van der Waals surface area contributed by atoms with E-state index in [1.807, 2.05) is 31.2 Å². The fourth-order valence-corrected chi connectivity index (χ4v) is 4.54. The number of hydrogen-bond donors (Lipinski definition) is 1. The summed E-state index contributed by atoms with van der Waals surface area (Å²) in [5.74, 6) is 0. The fourth-order valence-electron chi connectivity index (χ4n) is 2.88. The third-order valence-corrected chi connectivity index (χ3v) is 6.03. The molecule has 0 saturated carbocycles. The Hall–Kier alpha value is -1.17. The van der Waals surface area contributed by atoms with Gasteiger partial charge in [0.2, 0.25) is 10.0 Å². The van der Waals surface area contributed by atoms with Gasteiger partial charge in [0.1, 0.15) is 0 Å². The molecule has 1 aliphatic rings. The minimum atomic E-state index is -3.49. The summed E-state index contributed by atoms with van der Waals surface area (Å²) in [5, 5.41) is 0. The molecule has 0 radical (unpaired) electrons. The fraction of sp³-hybridized carbons (Fsp3) is 0.294. The van der Waals surface area contributed by atoms with E-state index < -0.39 is 10.0 Å². The summed E-state index contributed by atoms with van der Waals surface area (Å²) < 4.78 is 29.0. The molecule has 116 valence electrons. The second kappa shape index (κ2) is 6.14. The number of hydrogen-bond acceptors (Lipinski definition) is 2. The lowest BCUT2D eigenvalue weighted by atomic mass is 9.88. The zero-order valence-corrected chi connectivity index (χ0v) is 14.7. The van der Waals surface area contributed by atoms with Gasteiger partial charge in [0.05, 0.1) is 4.90 Å². The van der Waals surface area contributed by atoms with Crippen LogP contribution in [-0.2, 0) is 16.4 Å². The van der Waals surface area contributed by atoms with Gasteiger partial charge in [-0.1, -0.05) is 39.7 Å². The van der Waals surface area contributed by atoms with Gasteiger partial charge >= 0.3 is 0 Å². The Balaban J connectivity index is 1.89. The van der Waals surface area contributed by atoms with Crippen LogP contribution < -0.4 is 4.72 Å². The first-order chi connectivity index (χ1) is 10.5.